The molecule has 0 radical (unpaired) electrons. The predicted octanol–water partition coefficient (Wildman–Crippen LogP) is 4.75. The first-order valence-corrected chi connectivity index (χ1v) is 10.2. The second-order valence-corrected chi connectivity index (χ2v) is 7.31. The Morgan fingerprint density at radius 2 is 1.67 bits per heavy atom. The zero-order chi connectivity index (χ0) is 20.2. The van der Waals surface area contributed by atoms with E-state index in [1.165, 1.54) is 22.0 Å². The topological polar surface area (TPSA) is 58.5 Å². The van der Waals surface area contributed by atoms with Gasteiger partial charge in [-0.3, -0.25) is 4.98 Å². The van der Waals surface area contributed by atoms with E-state index in [0.29, 0.717) is 0 Å². The Balaban J connectivity index is 1.33. The lowest BCUT2D eigenvalue weighted by molar-refractivity contribution is 0.689. The van der Waals surface area contributed by atoms with Crippen LogP contribution >= 0.6 is 0 Å². The molecule has 2 N–H and O–H groups in total. The maximum atomic E-state index is 4.86. The first-order valence-electron chi connectivity index (χ1n) is 10.2. The standard InChI is InChI=1S/C25H23N5/c1-2-6-22(7-3-1)30-18-21(25(29-30)19-10-13-26-14-11-19)16-27-15-12-20-17-28-24-9-5-4-8-23(20)24/h1-11,13-14,17-18,27-28H,12,15-16H2. The van der Waals surface area contributed by atoms with Crippen molar-refractivity contribution in [1.82, 2.24) is 25.1 Å². The van der Waals surface area contributed by atoms with Crippen LogP contribution in [0.3, 0.4) is 0 Å². The van der Waals surface area contributed by atoms with Crippen molar-refractivity contribution in [1.29, 1.82) is 0 Å². The van der Waals surface area contributed by atoms with Crippen LogP contribution in [0.4, 0.5) is 0 Å². The highest BCUT2D eigenvalue weighted by Crippen LogP contribution is 2.23. The molecule has 0 saturated carbocycles. The lowest BCUT2D eigenvalue weighted by Gasteiger charge is -2.05. The lowest BCUT2D eigenvalue weighted by Crippen LogP contribution is -2.16. The molecule has 3 heterocycles. The zero-order valence-electron chi connectivity index (χ0n) is 16.6. The van der Waals surface area contributed by atoms with E-state index >= 15 is 0 Å². The molecule has 0 fully saturated rings. The van der Waals surface area contributed by atoms with Crippen molar-refractivity contribution < 1.29 is 0 Å². The van der Waals surface area contributed by atoms with Crippen molar-refractivity contribution in [3.8, 4) is 16.9 Å². The molecule has 0 bridgehead atoms. The summed E-state index contributed by atoms with van der Waals surface area (Å²) in [6.45, 7) is 1.65. The van der Waals surface area contributed by atoms with Crippen LogP contribution in [0, 0.1) is 0 Å². The van der Waals surface area contributed by atoms with Gasteiger partial charge in [-0.2, -0.15) is 5.10 Å². The number of benzene rings is 2. The molecular formula is C25H23N5. The second-order valence-electron chi connectivity index (χ2n) is 7.31. The summed E-state index contributed by atoms with van der Waals surface area (Å²) in [6, 6.07) is 22.7. The van der Waals surface area contributed by atoms with E-state index in [-0.39, 0.29) is 0 Å². The monoisotopic (exact) mass is 393 g/mol. The largest absolute Gasteiger partial charge is 0.361 e. The number of H-pyrrole nitrogens is 1. The third-order valence-corrected chi connectivity index (χ3v) is 5.33. The number of fused-ring (bicyclic) bond motifs is 1. The molecule has 0 atom stereocenters. The van der Waals surface area contributed by atoms with Crippen LogP contribution in [0.5, 0.6) is 0 Å². The van der Waals surface area contributed by atoms with Gasteiger partial charge in [0.15, 0.2) is 0 Å². The van der Waals surface area contributed by atoms with E-state index in [1.54, 1.807) is 0 Å². The summed E-state index contributed by atoms with van der Waals surface area (Å²) < 4.78 is 1.95. The van der Waals surface area contributed by atoms with E-state index in [1.807, 2.05) is 47.4 Å². The molecule has 0 saturated heterocycles. The predicted molar refractivity (Wildman–Crippen MR) is 121 cm³/mol. The maximum absolute atomic E-state index is 4.86. The summed E-state index contributed by atoms with van der Waals surface area (Å²) in [5.74, 6) is 0. The van der Waals surface area contributed by atoms with Gasteiger partial charge in [0.1, 0.15) is 0 Å². The fraction of sp³-hybridized carbons (Fsp3) is 0.120. The number of nitrogens with one attached hydrogen (secondary N) is 2. The Bertz CT molecular complexity index is 1240. The molecule has 5 nitrogen and oxygen atoms in total. The molecule has 0 unspecified atom stereocenters. The van der Waals surface area contributed by atoms with Crippen molar-refractivity contribution in [2.24, 2.45) is 0 Å². The number of nitrogens with zero attached hydrogens (tertiary/aromatic N) is 3. The molecule has 5 rings (SSSR count). The Morgan fingerprint density at radius 3 is 2.53 bits per heavy atom. The van der Waals surface area contributed by atoms with Gasteiger partial charge < -0.3 is 10.3 Å². The molecule has 3 aromatic heterocycles. The van der Waals surface area contributed by atoms with Gasteiger partial charge in [-0.25, -0.2) is 4.68 Å². The lowest BCUT2D eigenvalue weighted by atomic mass is 10.1. The highest BCUT2D eigenvalue weighted by Gasteiger charge is 2.12. The average molecular weight is 393 g/mol. The van der Waals surface area contributed by atoms with Crippen molar-refractivity contribution in [2.75, 3.05) is 6.54 Å². The number of hydrogen-bond donors (Lipinski definition) is 2. The Labute approximate surface area is 175 Å². The molecule has 0 spiro atoms. The van der Waals surface area contributed by atoms with Crippen molar-refractivity contribution in [2.45, 2.75) is 13.0 Å². The third-order valence-electron chi connectivity index (χ3n) is 5.33. The Morgan fingerprint density at radius 1 is 0.867 bits per heavy atom. The highest BCUT2D eigenvalue weighted by molar-refractivity contribution is 5.83. The maximum Gasteiger partial charge on any atom is 0.0973 e. The van der Waals surface area contributed by atoms with E-state index in [9.17, 15) is 0 Å². The summed E-state index contributed by atoms with van der Waals surface area (Å²) >= 11 is 0. The summed E-state index contributed by atoms with van der Waals surface area (Å²) in [6.07, 6.45) is 8.82. The quantitative estimate of drug-likeness (QED) is 0.392. The molecule has 2 aromatic carbocycles. The van der Waals surface area contributed by atoms with Crippen LogP contribution in [-0.4, -0.2) is 26.3 Å². The summed E-state index contributed by atoms with van der Waals surface area (Å²) in [5, 5.41) is 9.76. The van der Waals surface area contributed by atoms with E-state index in [0.717, 1.165) is 36.5 Å². The second kappa shape index (κ2) is 8.35. The minimum absolute atomic E-state index is 0.757. The zero-order valence-corrected chi connectivity index (χ0v) is 16.6. The van der Waals surface area contributed by atoms with Crippen molar-refractivity contribution in [3.05, 3.63) is 103 Å². The van der Waals surface area contributed by atoms with Gasteiger partial charge >= 0.3 is 0 Å². The van der Waals surface area contributed by atoms with Crippen LogP contribution in [0.2, 0.25) is 0 Å². The molecule has 5 heteroatoms. The smallest absolute Gasteiger partial charge is 0.0973 e. The van der Waals surface area contributed by atoms with Gasteiger partial charge in [0.2, 0.25) is 0 Å². The van der Waals surface area contributed by atoms with Crippen LogP contribution in [0.1, 0.15) is 11.1 Å². The number of aromatic amines is 1. The normalized spacial score (nSPS) is 11.2. The first-order chi connectivity index (χ1) is 14.9. The van der Waals surface area contributed by atoms with Crippen LogP contribution in [0.15, 0.2) is 91.5 Å². The van der Waals surface area contributed by atoms with Crippen molar-refractivity contribution in [3.63, 3.8) is 0 Å². The number of aromatic nitrogens is 4. The fourth-order valence-corrected chi connectivity index (χ4v) is 3.79. The molecular weight excluding hydrogens is 370 g/mol. The number of para-hydroxylation sites is 2. The average Bonchev–Trinajstić information content (AvgIpc) is 3.42. The summed E-state index contributed by atoms with van der Waals surface area (Å²) in [7, 11) is 0. The number of hydrogen-bond acceptors (Lipinski definition) is 3. The Hall–Kier alpha value is -3.70. The molecule has 5 aromatic rings. The third kappa shape index (κ3) is 3.75. The van der Waals surface area contributed by atoms with Gasteiger partial charge in [-0.05, 0) is 48.9 Å². The van der Waals surface area contributed by atoms with Gasteiger partial charge in [-0.15, -0.1) is 0 Å². The minimum atomic E-state index is 0.757. The van der Waals surface area contributed by atoms with Gasteiger partial charge in [0.05, 0.1) is 11.4 Å². The van der Waals surface area contributed by atoms with Gasteiger partial charge in [0, 0.05) is 53.4 Å². The molecule has 148 valence electrons. The highest BCUT2D eigenvalue weighted by atomic mass is 15.3. The van der Waals surface area contributed by atoms with E-state index in [2.05, 4.69) is 64.1 Å². The Kier molecular flexibility index (Phi) is 5.10. The first kappa shape index (κ1) is 18.3. The molecule has 0 aliphatic rings. The van der Waals surface area contributed by atoms with Gasteiger partial charge in [-0.1, -0.05) is 36.4 Å². The molecule has 0 aliphatic carbocycles. The van der Waals surface area contributed by atoms with Crippen LogP contribution < -0.4 is 5.32 Å². The minimum Gasteiger partial charge on any atom is -0.361 e. The number of pyridine rings is 1. The molecule has 0 aliphatic heterocycles. The van der Waals surface area contributed by atoms with Crippen molar-refractivity contribution >= 4 is 10.9 Å². The summed E-state index contributed by atoms with van der Waals surface area (Å²) in [4.78, 5) is 7.49. The van der Waals surface area contributed by atoms with Crippen LogP contribution in [-0.2, 0) is 13.0 Å². The van der Waals surface area contributed by atoms with E-state index in [4.69, 9.17) is 5.10 Å². The molecule has 30 heavy (non-hydrogen) atoms. The fourth-order valence-electron chi connectivity index (χ4n) is 3.79. The van der Waals surface area contributed by atoms with Gasteiger partial charge in [0.25, 0.3) is 0 Å². The van der Waals surface area contributed by atoms with Crippen LogP contribution in [0.25, 0.3) is 27.8 Å². The number of rotatable bonds is 7. The SMILES string of the molecule is c1ccc(-n2cc(CNCCc3c[nH]c4ccccc34)c(-c3ccncc3)n2)cc1. The van der Waals surface area contributed by atoms with E-state index < -0.39 is 0 Å². The molecule has 0 amide bonds. The summed E-state index contributed by atoms with van der Waals surface area (Å²) in [5.41, 5.74) is 6.82.